The van der Waals surface area contributed by atoms with Gasteiger partial charge in [-0.3, -0.25) is 9.59 Å². The number of nitrogens with zero attached hydrogens (tertiary/aromatic N) is 1. The summed E-state index contributed by atoms with van der Waals surface area (Å²) in [5, 5.41) is 4.19. The highest BCUT2D eigenvalue weighted by atomic mass is 16.5. The van der Waals surface area contributed by atoms with Crippen molar-refractivity contribution in [2.75, 3.05) is 19.0 Å². The number of nitrogens with one attached hydrogen (secondary N) is 1. The SMILES string of the molecule is COC(=O)C(CC(C)C)C(=O)Nc1ccc(CN(N)/C=C(\N)CN)cc1. The molecule has 1 atom stereocenters. The second kappa shape index (κ2) is 10.4. The van der Waals surface area contributed by atoms with Crippen molar-refractivity contribution in [3.8, 4) is 0 Å². The molecule has 0 bridgehead atoms. The van der Waals surface area contributed by atoms with E-state index in [2.05, 4.69) is 5.32 Å². The number of anilines is 1. The van der Waals surface area contributed by atoms with Crippen LogP contribution < -0.4 is 22.6 Å². The topological polar surface area (TPSA) is 137 Å². The Morgan fingerprint density at radius 2 is 1.88 bits per heavy atom. The molecule has 7 N–H and O–H groups in total. The van der Waals surface area contributed by atoms with Crippen LogP contribution in [0.4, 0.5) is 5.69 Å². The molecule has 1 unspecified atom stereocenters. The van der Waals surface area contributed by atoms with Crippen molar-refractivity contribution in [1.82, 2.24) is 5.01 Å². The fourth-order valence-electron chi connectivity index (χ4n) is 2.37. The number of esters is 1. The van der Waals surface area contributed by atoms with E-state index in [1.165, 1.54) is 12.1 Å². The minimum Gasteiger partial charge on any atom is -0.468 e. The molecule has 1 aromatic rings. The Bertz CT molecular complexity index is 628. The van der Waals surface area contributed by atoms with Gasteiger partial charge < -0.3 is 26.5 Å². The van der Waals surface area contributed by atoms with Crippen molar-refractivity contribution in [3.05, 3.63) is 41.7 Å². The van der Waals surface area contributed by atoms with Gasteiger partial charge in [0.2, 0.25) is 5.91 Å². The predicted octanol–water partition coefficient (Wildman–Crippen LogP) is 0.895. The molecular formula is C18H29N5O3. The van der Waals surface area contributed by atoms with Gasteiger partial charge in [-0.1, -0.05) is 26.0 Å². The van der Waals surface area contributed by atoms with Crippen LogP contribution in [-0.4, -0.2) is 30.5 Å². The number of hydrogen-bond acceptors (Lipinski definition) is 7. The number of hydrazine groups is 1. The number of nitrogens with two attached hydrogens (primary N) is 3. The van der Waals surface area contributed by atoms with Crippen molar-refractivity contribution in [1.29, 1.82) is 0 Å². The highest BCUT2D eigenvalue weighted by Crippen LogP contribution is 2.17. The summed E-state index contributed by atoms with van der Waals surface area (Å²) in [6, 6.07) is 7.16. The molecule has 0 radical (unpaired) electrons. The van der Waals surface area contributed by atoms with Crippen molar-refractivity contribution in [3.63, 3.8) is 0 Å². The summed E-state index contributed by atoms with van der Waals surface area (Å²) in [7, 11) is 1.28. The lowest BCUT2D eigenvalue weighted by Crippen LogP contribution is -2.31. The zero-order valence-electron chi connectivity index (χ0n) is 15.6. The van der Waals surface area contributed by atoms with E-state index in [1.807, 2.05) is 26.0 Å². The first-order chi connectivity index (χ1) is 12.3. The molecule has 0 heterocycles. The summed E-state index contributed by atoms with van der Waals surface area (Å²) in [5.41, 5.74) is 13.1. The molecule has 0 aliphatic heterocycles. The van der Waals surface area contributed by atoms with Crippen LogP contribution in [0.3, 0.4) is 0 Å². The molecule has 1 rings (SSSR count). The van der Waals surface area contributed by atoms with Gasteiger partial charge in [0.05, 0.1) is 13.7 Å². The second-order valence-corrected chi connectivity index (χ2v) is 6.47. The molecule has 8 heteroatoms. The molecule has 0 spiro atoms. The van der Waals surface area contributed by atoms with Gasteiger partial charge >= 0.3 is 5.97 Å². The third-order valence-electron chi connectivity index (χ3n) is 3.66. The van der Waals surface area contributed by atoms with E-state index >= 15 is 0 Å². The van der Waals surface area contributed by atoms with Crippen LogP contribution in [0, 0.1) is 11.8 Å². The number of rotatable bonds is 9. The summed E-state index contributed by atoms with van der Waals surface area (Å²) in [4.78, 5) is 24.2. The van der Waals surface area contributed by atoms with Gasteiger partial charge in [0.15, 0.2) is 0 Å². The largest absolute Gasteiger partial charge is 0.468 e. The van der Waals surface area contributed by atoms with Crippen molar-refractivity contribution < 1.29 is 14.3 Å². The summed E-state index contributed by atoms with van der Waals surface area (Å²) in [5.74, 6) is 4.29. The van der Waals surface area contributed by atoms with Gasteiger partial charge in [-0.25, -0.2) is 5.84 Å². The van der Waals surface area contributed by atoms with E-state index in [0.29, 0.717) is 24.4 Å². The van der Waals surface area contributed by atoms with Gasteiger partial charge in [0, 0.05) is 24.1 Å². The zero-order chi connectivity index (χ0) is 19.7. The zero-order valence-corrected chi connectivity index (χ0v) is 15.6. The number of methoxy groups -OCH3 is 1. The maximum absolute atomic E-state index is 12.4. The molecule has 0 saturated carbocycles. The fourth-order valence-corrected chi connectivity index (χ4v) is 2.37. The van der Waals surface area contributed by atoms with E-state index in [1.54, 1.807) is 18.3 Å². The van der Waals surface area contributed by atoms with Gasteiger partial charge in [0.1, 0.15) is 5.92 Å². The molecule has 8 nitrogen and oxygen atoms in total. The van der Waals surface area contributed by atoms with Crippen LogP contribution >= 0.6 is 0 Å². The Morgan fingerprint density at radius 1 is 1.27 bits per heavy atom. The van der Waals surface area contributed by atoms with Crippen molar-refractivity contribution >= 4 is 17.6 Å². The Kier molecular flexibility index (Phi) is 8.60. The number of ether oxygens (including phenoxy) is 1. The molecule has 1 amide bonds. The quantitative estimate of drug-likeness (QED) is 0.221. The molecule has 0 aliphatic rings. The third kappa shape index (κ3) is 7.12. The minimum atomic E-state index is -0.830. The number of carbonyl (C=O) groups is 2. The molecule has 0 saturated heterocycles. The summed E-state index contributed by atoms with van der Waals surface area (Å²) in [6.07, 6.45) is 2.00. The van der Waals surface area contributed by atoms with Crippen LogP contribution in [0.15, 0.2) is 36.2 Å². The van der Waals surface area contributed by atoms with E-state index < -0.39 is 11.9 Å². The number of amides is 1. The molecule has 0 aromatic heterocycles. The smallest absolute Gasteiger partial charge is 0.318 e. The van der Waals surface area contributed by atoms with Crippen LogP contribution in [0.25, 0.3) is 0 Å². The molecule has 26 heavy (non-hydrogen) atoms. The fraction of sp³-hybridized carbons (Fsp3) is 0.444. The average molecular weight is 363 g/mol. The van der Waals surface area contributed by atoms with E-state index in [9.17, 15) is 9.59 Å². The molecule has 1 aromatic carbocycles. The lowest BCUT2D eigenvalue weighted by atomic mass is 9.96. The average Bonchev–Trinajstić information content (AvgIpc) is 2.60. The maximum Gasteiger partial charge on any atom is 0.318 e. The van der Waals surface area contributed by atoms with E-state index in [0.717, 1.165) is 5.56 Å². The highest BCUT2D eigenvalue weighted by Gasteiger charge is 2.28. The van der Waals surface area contributed by atoms with Gasteiger partial charge in [-0.15, -0.1) is 0 Å². The van der Waals surface area contributed by atoms with Gasteiger partial charge in [-0.2, -0.15) is 0 Å². The summed E-state index contributed by atoms with van der Waals surface area (Å²) >= 11 is 0. The summed E-state index contributed by atoms with van der Waals surface area (Å²) in [6.45, 7) is 4.56. The van der Waals surface area contributed by atoms with Crippen LogP contribution in [0.2, 0.25) is 0 Å². The Morgan fingerprint density at radius 3 is 2.38 bits per heavy atom. The minimum absolute atomic E-state index is 0.191. The first kappa shape index (κ1) is 21.5. The summed E-state index contributed by atoms with van der Waals surface area (Å²) < 4.78 is 4.73. The maximum atomic E-state index is 12.4. The number of benzene rings is 1. The first-order valence-electron chi connectivity index (χ1n) is 8.42. The Labute approximate surface area is 154 Å². The number of hydrogen-bond donors (Lipinski definition) is 4. The van der Waals surface area contributed by atoms with Gasteiger partial charge in [-0.05, 0) is 30.0 Å². The third-order valence-corrected chi connectivity index (χ3v) is 3.66. The standard InChI is InChI=1S/C18H29N5O3/c1-12(2)8-16(18(25)26-3)17(24)22-15-6-4-13(5-7-15)10-23(21)11-14(20)9-19/h4-7,11-12,16H,8-10,19-21H2,1-3H3,(H,22,24)/b14-11-. The second-order valence-electron chi connectivity index (χ2n) is 6.47. The van der Waals surface area contributed by atoms with Crippen LogP contribution in [0.1, 0.15) is 25.8 Å². The lowest BCUT2D eigenvalue weighted by molar-refractivity contribution is -0.149. The lowest BCUT2D eigenvalue weighted by Gasteiger charge is -2.17. The van der Waals surface area contributed by atoms with Crippen molar-refractivity contribution in [2.24, 2.45) is 29.1 Å². The van der Waals surface area contributed by atoms with Gasteiger partial charge in [0.25, 0.3) is 0 Å². The Hall–Kier alpha value is -2.58. The predicted molar refractivity (Wildman–Crippen MR) is 101 cm³/mol. The van der Waals surface area contributed by atoms with E-state index in [-0.39, 0.29) is 18.4 Å². The Balaban J connectivity index is 2.73. The van der Waals surface area contributed by atoms with Crippen molar-refractivity contribution in [2.45, 2.75) is 26.8 Å². The monoisotopic (exact) mass is 363 g/mol. The molecule has 0 fully saturated rings. The highest BCUT2D eigenvalue weighted by molar-refractivity contribution is 6.04. The van der Waals surface area contributed by atoms with E-state index in [4.69, 9.17) is 22.0 Å². The normalized spacial score (nSPS) is 12.6. The molecular weight excluding hydrogens is 334 g/mol. The molecule has 0 aliphatic carbocycles. The first-order valence-corrected chi connectivity index (χ1v) is 8.42. The van der Waals surface area contributed by atoms with Crippen LogP contribution in [0.5, 0.6) is 0 Å². The van der Waals surface area contributed by atoms with Crippen LogP contribution in [-0.2, 0) is 20.9 Å². The number of carbonyl (C=O) groups excluding carboxylic acids is 2. The molecule has 144 valence electrons.